The molecule has 1 N–H and O–H groups in total. The highest BCUT2D eigenvalue weighted by atomic mass is 32.1. The van der Waals surface area contributed by atoms with Crippen LogP contribution in [0.3, 0.4) is 0 Å². The second-order valence-electron chi connectivity index (χ2n) is 5.81. The summed E-state index contributed by atoms with van der Waals surface area (Å²) >= 11 is 1.12. The zero-order valence-corrected chi connectivity index (χ0v) is 15.5. The standard InChI is InChI=1S/C20H14F2N2O3S/c1-2-26-15-8-3-5-11-9-16(27-18(11)15)14-10-28-20(23-14)24-19(25)17-12(21)6-4-7-13(17)22/h3-10H,2H2,1H3,(H,23,24,25). The molecule has 0 atom stereocenters. The average Bonchev–Trinajstić information content (AvgIpc) is 3.29. The Morgan fingerprint density at radius 1 is 1.21 bits per heavy atom. The maximum atomic E-state index is 13.7. The number of thiazole rings is 1. The average molecular weight is 400 g/mol. The maximum Gasteiger partial charge on any atom is 0.263 e. The number of aromatic nitrogens is 1. The fraction of sp³-hybridized carbons (Fsp3) is 0.100. The Balaban J connectivity index is 1.60. The molecule has 0 fully saturated rings. The summed E-state index contributed by atoms with van der Waals surface area (Å²) in [6.07, 6.45) is 0. The zero-order valence-electron chi connectivity index (χ0n) is 14.7. The minimum Gasteiger partial charge on any atom is -0.490 e. The molecule has 0 bridgehead atoms. The van der Waals surface area contributed by atoms with E-state index in [0.29, 0.717) is 29.4 Å². The predicted molar refractivity (Wildman–Crippen MR) is 103 cm³/mol. The number of carbonyl (C=O) groups excluding carboxylic acids is 1. The van der Waals surface area contributed by atoms with E-state index >= 15 is 0 Å². The number of anilines is 1. The summed E-state index contributed by atoms with van der Waals surface area (Å²) < 4.78 is 38.9. The largest absolute Gasteiger partial charge is 0.490 e. The third-order valence-corrected chi connectivity index (χ3v) is 4.73. The summed E-state index contributed by atoms with van der Waals surface area (Å²) in [7, 11) is 0. The lowest BCUT2D eigenvalue weighted by Gasteiger charge is -2.04. The zero-order chi connectivity index (χ0) is 19.7. The van der Waals surface area contributed by atoms with Crippen LogP contribution in [0.1, 0.15) is 17.3 Å². The van der Waals surface area contributed by atoms with Gasteiger partial charge in [0, 0.05) is 10.8 Å². The molecular formula is C20H14F2N2O3S. The monoisotopic (exact) mass is 400 g/mol. The Morgan fingerprint density at radius 3 is 2.71 bits per heavy atom. The summed E-state index contributed by atoms with van der Waals surface area (Å²) in [5.41, 5.74) is 0.448. The van der Waals surface area contributed by atoms with Crippen molar-refractivity contribution in [2.24, 2.45) is 0 Å². The Kier molecular flexibility index (Phi) is 4.79. The van der Waals surface area contributed by atoms with Crippen LogP contribution in [-0.4, -0.2) is 17.5 Å². The summed E-state index contributed by atoms with van der Waals surface area (Å²) in [5.74, 6) is -1.65. The number of rotatable bonds is 5. The van der Waals surface area contributed by atoms with Crippen LogP contribution >= 0.6 is 11.3 Å². The molecule has 0 saturated carbocycles. The van der Waals surface area contributed by atoms with Gasteiger partial charge < -0.3 is 9.15 Å². The molecule has 0 aliphatic carbocycles. The van der Waals surface area contributed by atoms with Crippen LogP contribution in [0.15, 0.2) is 52.3 Å². The van der Waals surface area contributed by atoms with Crippen LogP contribution in [0.5, 0.6) is 5.75 Å². The predicted octanol–water partition coefficient (Wildman–Crippen LogP) is 5.49. The molecule has 2 heterocycles. The van der Waals surface area contributed by atoms with Crippen molar-refractivity contribution in [3.8, 4) is 17.2 Å². The second-order valence-corrected chi connectivity index (χ2v) is 6.66. The highest BCUT2D eigenvalue weighted by Crippen LogP contribution is 2.34. The first-order valence-electron chi connectivity index (χ1n) is 8.43. The maximum absolute atomic E-state index is 13.7. The van der Waals surface area contributed by atoms with Gasteiger partial charge in [-0.25, -0.2) is 13.8 Å². The van der Waals surface area contributed by atoms with Crippen molar-refractivity contribution in [1.82, 2.24) is 4.98 Å². The van der Waals surface area contributed by atoms with Gasteiger partial charge in [0.25, 0.3) is 5.91 Å². The fourth-order valence-electron chi connectivity index (χ4n) is 2.75. The molecular weight excluding hydrogens is 386 g/mol. The van der Waals surface area contributed by atoms with E-state index in [2.05, 4.69) is 10.3 Å². The van der Waals surface area contributed by atoms with Gasteiger partial charge in [-0.3, -0.25) is 10.1 Å². The SMILES string of the molecule is CCOc1cccc2cc(-c3csc(NC(=O)c4c(F)cccc4F)n3)oc12. The Hall–Kier alpha value is -3.26. The topological polar surface area (TPSA) is 64.4 Å². The first kappa shape index (κ1) is 18.1. The van der Waals surface area contributed by atoms with Gasteiger partial charge in [0.15, 0.2) is 22.2 Å². The third-order valence-electron chi connectivity index (χ3n) is 3.97. The second kappa shape index (κ2) is 7.40. The van der Waals surface area contributed by atoms with Crippen molar-refractivity contribution < 1.29 is 22.7 Å². The van der Waals surface area contributed by atoms with E-state index in [0.717, 1.165) is 28.9 Å². The molecule has 0 radical (unpaired) electrons. The lowest BCUT2D eigenvalue weighted by Crippen LogP contribution is -2.15. The first-order chi connectivity index (χ1) is 13.6. The van der Waals surface area contributed by atoms with E-state index in [1.807, 2.05) is 31.2 Å². The molecule has 8 heteroatoms. The van der Waals surface area contributed by atoms with Crippen molar-refractivity contribution in [1.29, 1.82) is 0 Å². The number of benzene rings is 2. The quantitative estimate of drug-likeness (QED) is 0.481. The van der Waals surface area contributed by atoms with E-state index in [1.54, 1.807) is 5.38 Å². The number of nitrogens with one attached hydrogen (secondary N) is 1. The highest BCUT2D eigenvalue weighted by Gasteiger charge is 2.19. The number of amides is 1. The van der Waals surface area contributed by atoms with Crippen molar-refractivity contribution in [3.63, 3.8) is 0 Å². The molecule has 0 saturated heterocycles. The van der Waals surface area contributed by atoms with Crippen LogP contribution in [0.25, 0.3) is 22.4 Å². The lowest BCUT2D eigenvalue weighted by molar-refractivity contribution is 0.101. The fourth-order valence-corrected chi connectivity index (χ4v) is 3.45. The number of carbonyl (C=O) groups is 1. The third kappa shape index (κ3) is 3.34. The van der Waals surface area contributed by atoms with Gasteiger partial charge in [0.05, 0.1) is 6.61 Å². The molecule has 1 amide bonds. The van der Waals surface area contributed by atoms with Crippen LogP contribution in [0.4, 0.5) is 13.9 Å². The number of furan rings is 1. The number of para-hydroxylation sites is 1. The molecule has 2 aromatic carbocycles. The van der Waals surface area contributed by atoms with Gasteiger partial charge in [-0.1, -0.05) is 18.2 Å². The van der Waals surface area contributed by atoms with E-state index in [1.165, 1.54) is 6.07 Å². The molecule has 4 aromatic rings. The van der Waals surface area contributed by atoms with E-state index in [-0.39, 0.29) is 5.13 Å². The number of ether oxygens (including phenoxy) is 1. The lowest BCUT2D eigenvalue weighted by atomic mass is 10.2. The van der Waals surface area contributed by atoms with Crippen LogP contribution in [-0.2, 0) is 0 Å². The Morgan fingerprint density at radius 2 is 1.96 bits per heavy atom. The molecule has 5 nitrogen and oxygen atoms in total. The van der Waals surface area contributed by atoms with Gasteiger partial charge in [-0.15, -0.1) is 11.3 Å². The molecule has 0 spiro atoms. The summed E-state index contributed by atoms with van der Waals surface area (Å²) in [5, 5.41) is 5.16. The Bertz CT molecular complexity index is 1150. The number of halogens is 2. The molecule has 4 rings (SSSR count). The number of nitrogens with zero attached hydrogens (tertiary/aromatic N) is 1. The van der Waals surface area contributed by atoms with Crippen molar-refractivity contribution >= 4 is 33.3 Å². The van der Waals surface area contributed by atoms with Crippen molar-refractivity contribution in [2.45, 2.75) is 6.92 Å². The van der Waals surface area contributed by atoms with Gasteiger partial charge >= 0.3 is 0 Å². The van der Waals surface area contributed by atoms with Gasteiger partial charge in [-0.2, -0.15) is 0 Å². The number of fused-ring (bicyclic) bond motifs is 1. The van der Waals surface area contributed by atoms with Gasteiger partial charge in [-0.05, 0) is 31.2 Å². The number of hydrogen-bond acceptors (Lipinski definition) is 5. The normalized spacial score (nSPS) is 11.0. The minimum absolute atomic E-state index is 0.202. The summed E-state index contributed by atoms with van der Waals surface area (Å²) in [6.45, 7) is 2.39. The Labute approximate surface area is 162 Å². The molecule has 28 heavy (non-hydrogen) atoms. The van der Waals surface area contributed by atoms with E-state index in [9.17, 15) is 13.6 Å². The molecule has 0 aliphatic heterocycles. The van der Waals surface area contributed by atoms with E-state index in [4.69, 9.17) is 9.15 Å². The van der Waals surface area contributed by atoms with Crippen LogP contribution in [0.2, 0.25) is 0 Å². The smallest absolute Gasteiger partial charge is 0.263 e. The van der Waals surface area contributed by atoms with E-state index < -0.39 is 23.1 Å². The first-order valence-corrected chi connectivity index (χ1v) is 9.31. The highest BCUT2D eigenvalue weighted by molar-refractivity contribution is 7.14. The summed E-state index contributed by atoms with van der Waals surface area (Å²) in [6, 6.07) is 10.6. The molecule has 142 valence electrons. The summed E-state index contributed by atoms with van der Waals surface area (Å²) in [4.78, 5) is 16.5. The number of hydrogen-bond donors (Lipinski definition) is 1. The van der Waals surface area contributed by atoms with Crippen LogP contribution < -0.4 is 10.1 Å². The molecule has 0 aliphatic rings. The molecule has 2 aromatic heterocycles. The van der Waals surface area contributed by atoms with Gasteiger partial charge in [0.2, 0.25) is 0 Å². The van der Waals surface area contributed by atoms with Gasteiger partial charge in [0.1, 0.15) is 22.9 Å². The minimum atomic E-state index is -0.935. The van der Waals surface area contributed by atoms with Crippen molar-refractivity contribution in [2.75, 3.05) is 11.9 Å². The van der Waals surface area contributed by atoms with Crippen molar-refractivity contribution in [3.05, 3.63) is 65.0 Å². The van der Waals surface area contributed by atoms with Crippen LogP contribution in [0, 0.1) is 11.6 Å². The molecule has 0 unspecified atom stereocenters.